The molecule has 2 aromatic carbocycles. The van der Waals surface area contributed by atoms with E-state index < -0.39 is 11.8 Å². The van der Waals surface area contributed by atoms with Crippen LogP contribution in [0, 0.1) is 6.92 Å². The van der Waals surface area contributed by atoms with Crippen molar-refractivity contribution in [2.24, 2.45) is 5.10 Å². The number of rotatable bonds is 6. The van der Waals surface area contributed by atoms with Crippen molar-refractivity contribution < 1.29 is 14.3 Å². The summed E-state index contributed by atoms with van der Waals surface area (Å²) in [5.41, 5.74) is 4.18. The zero-order chi connectivity index (χ0) is 18.9. The zero-order valence-corrected chi connectivity index (χ0v) is 14.9. The number of nitrogens with one attached hydrogen (secondary N) is 2. The summed E-state index contributed by atoms with van der Waals surface area (Å²) in [6, 6.07) is 12.0. The van der Waals surface area contributed by atoms with Crippen molar-refractivity contribution in [2.45, 2.75) is 6.92 Å². The first kappa shape index (κ1) is 19.2. The van der Waals surface area contributed by atoms with Gasteiger partial charge in [0.05, 0.1) is 6.21 Å². The molecule has 2 rings (SSSR count). The topological polar surface area (TPSA) is 79.8 Å². The Morgan fingerprint density at radius 1 is 1.19 bits per heavy atom. The lowest BCUT2D eigenvalue weighted by Gasteiger charge is -2.07. The molecule has 2 N–H and O–H groups in total. The number of carbonyl (C=O) groups excluding carboxylic acids is 2. The van der Waals surface area contributed by atoms with E-state index in [9.17, 15) is 9.59 Å². The van der Waals surface area contributed by atoms with Crippen LogP contribution in [0.5, 0.6) is 5.75 Å². The van der Waals surface area contributed by atoms with E-state index in [1.165, 1.54) is 6.21 Å². The first-order valence-electron chi connectivity index (χ1n) is 7.74. The first-order chi connectivity index (χ1) is 12.5. The summed E-state index contributed by atoms with van der Waals surface area (Å²) in [5.74, 6) is -0.994. The van der Waals surface area contributed by atoms with Gasteiger partial charge in [-0.3, -0.25) is 9.59 Å². The van der Waals surface area contributed by atoms with Gasteiger partial charge in [-0.15, -0.1) is 0 Å². The van der Waals surface area contributed by atoms with E-state index >= 15 is 0 Å². The molecule has 2 aromatic rings. The molecule has 0 aliphatic rings. The third kappa shape index (κ3) is 5.75. The number of benzene rings is 2. The molecular formula is C19H18ClN3O3. The van der Waals surface area contributed by atoms with E-state index in [1.54, 1.807) is 55.5 Å². The minimum Gasteiger partial charge on any atom is -0.490 e. The number of ether oxygens (including phenoxy) is 1. The minimum absolute atomic E-state index is 0.422. The molecule has 0 radical (unpaired) electrons. The highest BCUT2D eigenvalue weighted by Gasteiger charge is 2.13. The van der Waals surface area contributed by atoms with E-state index in [1.807, 2.05) is 0 Å². The van der Waals surface area contributed by atoms with Crippen LogP contribution < -0.4 is 15.5 Å². The van der Waals surface area contributed by atoms with Crippen molar-refractivity contribution in [3.63, 3.8) is 0 Å². The molecule has 0 atom stereocenters. The number of anilines is 1. The van der Waals surface area contributed by atoms with Gasteiger partial charge in [0, 0.05) is 10.7 Å². The maximum Gasteiger partial charge on any atom is 0.329 e. The first-order valence-corrected chi connectivity index (χ1v) is 8.11. The van der Waals surface area contributed by atoms with E-state index in [0.717, 1.165) is 11.1 Å². The van der Waals surface area contributed by atoms with Crippen molar-refractivity contribution in [1.29, 1.82) is 0 Å². The van der Waals surface area contributed by atoms with Gasteiger partial charge in [-0.1, -0.05) is 24.3 Å². The number of halogens is 1. The van der Waals surface area contributed by atoms with Gasteiger partial charge >= 0.3 is 11.8 Å². The highest BCUT2D eigenvalue weighted by atomic mass is 35.5. The van der Waals surface area contributed by atoms with Crippen LogP contribution in [0.2, 0.25) is 5.02 Å². The van der Waals surface area contributed by atoms with Gasteiger partial charge in [0.2, 0.25) is 0 Å². The molecular weight excluding hydrogens is 354 g/mol. The predicted molar refractivity (Wildman–Crippen MR) is 103 cm³/mol. The van der Waals surface area contributed by atoms with Crippen molar-refractivity contribution in [2.75, 3.05) is 11.9 Å². The Balaban J connectivity index is 1.87. The molecule has 0 saturated carbocycles. The van der Waals surface area contributed by atoms with Crippen LogP contribution in [0.3, 0.4) is 0 Å². The SMILES string of the molecule is C=CCOc1ccc(C=NNC(=O)C(=O)Nc2ccc(Cl)cc2C)cc1. The van der Waals surface area contributed by atoms with Crippen molar-refractivity contribution in [3.8, 4) is 5.75 Å². The maximum atomic E-state index is 11.9. The molecule has 0 spiro atoms. The summed E-state index contributed by atoms with van der Waals surface area (Å²) in [6.45, 7) is 5.77. The molecule has 7 heteroatoms. The summed E-state index contributed by atoms with van der Waals surface area (Å²) < 4.78 is 5.36. The van der Waals surface area contributed by atoms with E-state index in [-0.39, 0.29) is 0 Å². The van der Waals surface area contributed by atoms with Gasteiger partial charge in [-0.05, 0) is 60.5 Å². The molecule has 0 aliphatic carbocycles. The van der Waals surface area contributed by atoms with Gasteiger partial charge in [0.25, 0.3) is 0 Å². The lowest BCUT2D eigenvalue weighted by molar-refractivity contribution is -0.136. The summed E-state index contributed by atoms with van der Waals surface area (Å²) in [7, 11) is 0. The van der Waals surface area contributed by atoms with Crippen molar-refractivity contribution in [1.82, 2.24) is 5.43 Å². The quantitative estimate of drug-likeness (QED) is 0.354. The molecule has 0 fully saturated rings. The summed E-state index contributed by atoms with van der Waals surface area (Å²) >= 11 is 5.85. The third-order valence-corrected chi connectivity index (χ3v) is 3.51. The summed E-state index contributed by atoms with van der Waals surface area (Å²) in [5, 5.41) is 6.83. The Bertz CT molecular complexity index is 832. The van der Waals surface area contributed by atoms with Crippen LogP contribution in [0.15, 0.2) is 60.2 Å². The van der Waals surface area contributed by atoms with E-state index in [2.05, 4.69) is 22.4 Å². The molecule has 0 aromatic heterocycles. The molecule has 134 valence electrons. The van der Waals surface area contributed by atoms with Crippen LogP contribution >= 0.6 is 11.6 Å². The van der Waals surface area contributed by atoms with E-state index in [4.69, 9.17) is 16.3 Å². The molecule has 0 bridgehead atoms. The Labute approximate surface area is 156 Å². The monoisotopic (exact) mass is 371 g/mol. The summed E-state index contributed by atoms with van der Waals surface area (Å²) in [6.07, 6.45) is 3.08. The fourth-order valence-electron chi connectivity index (χ4n) is 1.97. The Hall–Kier alpha value is -3.12. The molecule has 0 aliphatic heterocycles. The maximum absolute atomic E-state index is 11.9. The van der Waals surface area contributed by atoms with E-state index in [0.29, 0.717) is 23.1 Å². The number of aryl methyl sites for hydroxylation is 1. The number of hydrazone groups is 1. The lowest BCUT2D eigenvalue weighted by Crippen LogP contribution is -2.32. The van der Waals surface area contributed by atoms with Crippen LogP contribution in [0.25, 0.3) is 0 Å². The zero-order valence-electron chi connectivity index (χ0n) is 14.2. The average Bonchev–Trinajstić information content (AvgIpc) is 2.63. The van der Waals surface area contributed by atoms with Gasteiger partial charge in [-0.2, -0.15) is 5.10 Å². The Morgan fingerprint density at radius 3 is 2.58 bits per heavy atom. The van der Waals surface area contributed by atoms with Crippen molar-refractivity contribution >= 4 is 35.3 Å². The number of nitrogens with zero attached hydrogens (tertiary/aromatic N) is 1. The van der Waals surface area contributed by atoms with Crippen LogP contribution in [0.4, 0.5) is 5.69 Å². The second kappa shape index (κ2) is 9.39. The standard InChI is InChI=1S/C19H18ClN3O3/c1-3-10-26-16-7-4-14(5-8-16)12-21-23-19(25)18(24)22-17-9-6-15(20)11-13(17)2/h3-9,11-12H,1,10H2,2H3,(H,22,24)(H,23,25). The normalized spacial score (nSPS) is 10.4. The Kier molecular flexibility index (Phi) is 6.93. The molecule has 2 amide bonds. The number of hydrogen-bond donors (Lipinski definition) is 2. The fraction of sp³-hybridized carbons (Fsp3) is 0.105. The molecule has 0 saturated heterocycles. The molecule has 0 heterocycles. The van der Waals surface area contributed by atoms with Crippen molar-refractivity contribution in [3.05, 3.63) is 71.3 Å². The smallest absolute Gasteiger partial charge is 0.329 e. The lowest BCUT2D eigenvalue weighted by atomic mass is 10.2. The molecule has 26 heavy (non-hydrogen) atoms. The number of hydrogen-bond acceptors (Lipinski definition) is 4. The second-order valence-electron chi connectivity index (χ2n) is 5.28. The highest BCUT2D eigenvalue weighted by Crippen LogP contribution is 2.19. The largest absolute Gasteiger partial charge is 0.490 e. The van der Waals surface area contributed by atoms with Crippen LogP contribution in [-0.2, 0) is 9.59 Å². The van der Waals surface area contributed by atoms with Gasteiger partial charge in [-0.25, -0.2) is 5.43 Å². The number of amides is 2. The molecule has 6 nitrogen and oxygen atoms in total. The predicted octanol–water partition coefficient (Wildman–Crippen LogP) is 3.30. The average molecular weight is 372 g/mol. The van der Waals surface area contributed by atoms with Crippen LogP contribution in [0.1, 0.15) is 11.1 Å². The highest BCUT2D eigenvalue weighted by molar-refractivity contribution is 6.39. The number of carbonyl (C=O) groups is 2. The Morgan fingerprint density at radius 2 is 1.92 bits per heavy atom. The van der Waals surface area contributed by atoms with Gasteiger partial charge in [0.1, 0.15) is 12.4 Å². The van der Waals surface area contributed by atoms with Gasteiger partial charge in [0.15, 0.2) is 0 Å². The minimum atomic E-state index is -0.874. The fourth-order valence-corrected chi connectivity index (χ4v) is 2.19. The summed E-state index contributed by atoms with van der Waals surface area (Å²) in [4.78, 5) is 23.7. The molecule has 0 unspecified atom stereocenters. The second-order valence-corrected chi connectivity index (χ2v) is 5.72. The van der Waals surface area contributed by atoms with Gasteiger partial charge < -0.3 is 10.1 Å². The third-order valence-electron chi connectivity index (χ3n) is 3.27. The van der Waals surface area contributed by atoms with Crippen LogP contribution in [-0.4, -0.2) is 24.6 Å².